The smallest absolute Gasteiger partial charge is 0.337 e. The summed E-state index contributed by atoms with van der Waals surface area (Å²) in [5.74, 6) is -1.02. The van der Waals surface area contributed by atoms with Gasteiger partial charge in [0.25, 0.3) is 0 Å². The molecule has 0 saturated heterocycles. The minimum absolute atomic E-state index is 0.0640. The Morgan fingerprint density at radius 3 is 2.61 bits per heavy atom. The molecule has 1 aromatic rings. The Kier molecular flexibility index (Phi) is 4.71. The van der Waals surface area contributed by atoms with Crippen molar-refractivity contribution < 1.29 is 14.7 Å². The van der Waals surface area contributed by atoms with Crippen LogP contribution in [-0.2, 0) is 4.79 Å². The number of rotatable bonds is 5. The van der Waals surface area contributed by atoms with Crippen molar-refractivity contribution >= 4 is 17.6 Å². The number of hydrogen-bond acceptors (Lipinski definition) is 3. The van der Waals surface area contributed by atoms with E-state index in [2.05, 4.69) is 5.32 Å². The number of benzene rings is 1. The standard InChI is InChI=1S/C13H18N2O3/c1-9-4-5-11(10(8-9)13(17)18)15(3)7-6-12(16)14-2/h4-5,8H,6-7H2,1-3H3,(H,14,16)(H,17,18). The van der Waals surface area contributed by atoms with Crippen LogP contribution < -0.4 is 10.2 Å². The van der Waals surface area contributed by atoms with Gasteiger partial charge in [-0.2, -0.15) is 0 Å². The molecule has 0 aromatic heterocycles. The van der Waals surface area contributed by atoms with Crippen molar-refractivity contribution in [3.8, 4) is 0 Å². The number of carbonyl (C=O) groups is 2. The summed E-state index contributed by atoms with van der Waals surface area (Å²) in [4.78, 5) is 24.1. The van der Waals surface area contributed by atoms with Crippen LogP contribution in [0.3, 0.4) is 0 Å². The predicted octanol–water partition coefficient (Wildman–Crippen LogP) is 1.27. The van der Waals surface area contributed by atoms with E-state index < -0.39 is 5.97 Å². The van der Waals surface area contributed by atoms with Gasteiger partial charge in [-0.05, 0) is 19.1 Å². The van der Waals surface area contributed by atoms with Gasteiger partial charge in [-0.25, -0.2) is 4.79 Å². The van der Waals surface area contributed by atoms with Gasteiger partial charge in [0.1, 0.15) is 0 Å². The molecule has 0 radical (unpaired) electrons. The van der Waals surface area contributed by atoms with Crippen LogP contribution in [0.5, 0.6) is 0 Å². The van der Waals surface area contributed by atoms with Gasteiger partial charge in [0.05, 0.1) is 11.3 Å². The van der Waals surface area contributed by atoms with Crippen molar-refractivity contribution in [1.29, 1.82) is 0 Å². The third kappa shape index (κ3) is 3.48. The molecule has 0 bridgehead atoms. The SMILES string of the molecule is CNC(=O)CCN(C)c1ccc(C)cc1C(=O)O. The van der Waals surface area contributed by atoms with Gasteiger partial charge in [-0.15, -0.1) is 0 Å². The lowest BCUT2D eigenvalue weighted by Gasteiger charge is -2.21. The summed E-state index contributed by atoms with van der Waals surface area (Å²) < 4.78 is 0. The number of amides is 1. The van der Waals surface area contributed by atoms with Gasteiger partial charge < -0.3 is 15.3 Å². The second-order valence-electron chi connectivity index (χ2n) is 4.17. The molecule has 5 heteroatoms. The molecule has 1 aromatic carbocycles. The number of nitrogens with zero attached hydrogens (tertiary/aromatic N) is 1. The fraction of sp³-hybridized carbons (Fsp3) is 0.385. The van der Waals surface area contributed by atoms with E-state index in [4.69, 9.17) is 5.11 Å². The molecule has 5 nitrogen and oxygen atoms in total. The highest BCUT2D eigenvalue weighted by Crippen LogP contribution is 2.21. The van der Waals surface area contributed by atoms with Crippen LogP contribution in [0, 0.1) is 6.92 Å². The van der Waals surface area contributed by atoms with E-state index in [0.29, 0.717) is 18.7 Å². The lowest BCUT2D eigenvalue weighted by Crippen LogP contribution is -2.27. The van der Waals surface area contributed by atoms with Crippen LogP contribution >= 0.6 is 0 Å². The molecule has 0 saturated carbocycles. The van der Waals surface area contributed by atoms with Crippen LogP contribution in [-0.4, -0.2) is 37.6 Å². The average molecular weight is 250 g/mol. The Labute approximate surface area is 106 Å². The topological polar surface area (TPSA) is 69.6 Å². The molecule has 0 aliphatic carbocycles. The Bertz CT molecular complexity index is 458. The first-order valence-corrected chi connectivity index (χ1v) is 5.71. The summed E-state index contributed by atoms with van der Waals surface area (Å²) >= 11 is 0. The minimum Gasteiger partial charge on any atom is -0.478 e. The molecule has 2 N–H and O–H groups in total. The molecule has 18 heavy (non-hydrogen) atoms. The summed E-state index contributed by atoms with van der Waals surface area (Å²) in [6.07, 6.45) is 0.333. The van der Waals surface area contributed by atoms with Crippen LogP contribution in [0.25, 0.3) is 0 Å². The first-order chi connectivity index (χ1) is 8.45. The van der Waals surface area contributed by atoms with E-state index in [-0.39, 0.29) is 11.5 Å². The Morgan fingerprint density at radius 1 is 1.39 bits per heavy atom. The molecule has 0 aliphatic rings. The number of nitrogens with one attached hydrogen (secondary N) is 1. The zero-order valence-corrected chi connectivity index (χ0v) is 10.9. The monoisotopic (exact) mass is 250 g/mol. The number of carbonyl (C=O) groups excluding carboxylic acids is 1. The first-order valence-electron chi connectivity index (χ1n) is 5.71. The molecular formula is C13H18N2O3. The van der Waals surface area contributed by atoms with E-state index in [9.17, 15) is 9.59 Å². The second-order valence-corrected chi connectivity index (χ2v) is 4.17. The van der Waals surface area contributed by atoms with Crippen LogP contribution in [0.15, 0.2) is 18.2 Å². The number of hydrogen-bond donors (Lipinski definition) is 2. The van der Waals surface area contributed by atoms with E-state index in [1.165, 1.54) is 0 Å². The van der Waals surface area contributed by atoms with E-state index in [0.717, 1.165) is 5.56 Å². The van der Waals surface area contributed by atoms with Crippen LogP contribution in [0.2, 0.25) is 0 Å². The zero-order chi connectivity index (χ0) is 13.7. The van der Waals surface area contributed by atoms with Crippen molar-refractivity contribution in [1.82, 2.24) is 5.32 Å². The maximum absolute atomic E-state index is 11.2. The number of aryl methyl sites for hydroxylation is 1. The Hall–Kier alpha value is -2.04. The van der Waals surface area contributed by atoms with Gasteiger partial charge in [-0.1, -0.05) is 11.6 Å². The third-order valence-corrected chi connectivity index (χ3v) is 2.75. The lowest BCUT2D eigenvalue weighted by molar-refractivity contribution is -0.120. The summed E-state index contributed by atoms with van der Waals surface area (Å²) in [7, 11) is 3.36. The van der Waals surface area contributed by atoms with E-state index in [1.807, 2.05) is 13.0 Å². The summed E-state index contributed by atoms with van der Waals surface area (Å²) in [5.41, 5.74) is 1.78. The van der Waals surface area contributed by atoms with Crippen LogP contribution in [0.4, 0.5) is 5.69 Å². The second kappa shape index (κ2) is 6.05. The molecular weight excluding hydrogens is 232 g/mol. The van der Waals surface area contributed by atoms with Crippen molar-refractivity contribution in [2.45, 2.75) is 13.3 Å². The van der Waals surface area contributed by atoms with Gasteiger partial charge in [0.2, 0.25) is 5.91 Å². The summed E-state index contributed by atoms with van der Waals surface area (Å²) in [6.45, 7) is 2.32. The predicted molar refractivity (Wildman–Crippen MR) is 70.1 cm³/mol. The number of anilines is 1. The van der Waals surface area contributed by atoms with Crippen molar-refractivity contribution in [2.75, 3.05) is 25.5 Å². The third-order valence-electron chi connectivity index (χ3n) is 2.75. The van der Waals surface area contributed by atoms with Gasteiger partial charge in [0.15, 0.2) is 0 Å². The highest BCUT2D eigenvalue weighted by molar-refractivity contribution is 5.94. The molecule has 98 valence electrons. The fourth-order valence-electron chi connectivity index (χ4n) is 1.67. The Morgan fingerprint density at radius 2 is 2.06 bits per heavy atom. The molecule has 1 amide bonds. The van der Waals surface area contributed by atoms with Gasteiger partial charge >= 0.3 is 5.97 Å². The maximum Gasteiger partial charge on any atom is 0.337 e. The normalized spacial score (nSPS) is 9.94. The summed E-state index contributed by atoms with van der Waals surface area (Å²) in [6, 6.07) is 5.26. The van der Waals surface area contributed by atoms with Crippen molar-refractivity contribution in [3.05, 3.63) is 29.3 Å². The fourth-order valence-corrected chi connectivity index (χ4v) is 1.67. The Balaban J connectivity index is 2.88. The molecule has 0 fully saturated rings. The first kappa shape index (κ1) is 14.0. The largest absolute Gasteiger partial charge is 0.478 e. The highest BCUT2D eigenvalue weighted by atomic mass is 16.4. The molecule has 0 atom stereocenters. The minimum atomic E-state index is -0.958. The highest BCUT2D eigenvalue weighted by Gasteiger charge is 2.14. The van der Waals surface area contributed by atoms with Gasteiger partial charge in [0, 0.05) is 27.1 Å². The van der Waals surface area contributed by atoms with Crippen molar-refractivity contribution in [2.24, 2.45) is 0 Å². The zero-order valence-electron chi connectivity index (χ0n) is 10.9. The number of carboxylic acids is 1. The quantitative estimate of drug-likeness (QED) is 0.825. The average Bonchev–Trinajstić information content (AvgIpc) is 2.35. The number of carboxylic acid groups (broad SMARTS) is 1. The van der Waals surface area contributed by atoms with E-state index >= 15 is 0 Å². The maximum atomic E-state index is 11.2. The van der Waals surface area contributed by atoms with Crippen molar-refractivity contribution in [3.63, 3.8) is 0 Å². The molecule has 0 heterocycles. The van der Waals surface area contributed by atoms with Crippen LogP contribution in [0.1, 0.15) is 22.3 Å². The lowest BCUT2D eigenvalue weighted by atomic mass is 10.1. The summed E-state index contributed by atoms with van der Waals surface area (Å²) in [5, 5.41) is 11.7. The number of aromatic carboxylic acids is 1. The van der Waals surface area contributed by atoms with Gasteiger partial charge in [-0.3, -0.25) is 4.79 Å². The molecule has 1 rings (SSSR count). The molecule has 0 spiro atoms. The molecule has 0 unspecified atom stereocenters. The van der Waals surface area contributed by atoms with E-state index in [1.54, 1.807) is 31.1 Å². The molecule has 0 aliphatic heterocycles.